The first-order valence-corrected chi connectivity index (χ1v) is 8.20. The number of hydrogen-bond acceptors (Lipinski definition) is 6. The minimum atomic E-state index is -0.479. The van der Waals surface area contributed by atoms with Gasteiger partial charge in [-0.3, -0.25) is 0 Å². The largest absolute Gasteiger partial charge is 0.448 e. The predicted molar refractivity (Wildman–Crippen MR) is 96.4 cm³/mol. The summed E-state index contributed by atoms with van der Waals surface area (Å²) in [5, 5.41) is 5.15. The van der Waals surface area contributed by atoms with Crippen molar-refractivity contribution in [3.05, 3.63) is 41.9 Å². The van der Waals surface area contributed by atoms with Gasteiger partial charge in [-0.25, -0.2) is 14.8 Å². The molecule has 0 unspecified atom stereocenters. The smallest absolute Gasteiger partial charge is 0.435 e. The minimum absolute atomic E-state index is 0.186. The van der Waals surface area contributed by atoms with Gasteiger partial charge in [-0.2, -0.15) is 9.78 Å². The molecule has 0 radical (unpaired) electrons. The molecule has 0 amide bonds. The number of ether oxygens (including phenoxy) is 1. The third-order valence-electron chi connectivity index (χ3n) is 3.61. The van der Waals surface area contributed by atoms with Crippen LogP contribution in [0.5, 0.6) is 0 Å². The summed E-state index contributed by atoms with van der Waals surface area (Å²) in [7, 11) is 1.88. The summed E-state index contributed by atoms with van der Waals surface area (Å²) >= 11 is 5.85. The molecule has 0 bridgehead atoms. The van der Waals surface area contributed by atoms with Crippen molar-refractivity contribution in [2.45, 2.75) is 13.8 Å². The van der Waals surface area contributed by atoms with Gasteiger partial charge >= 0.3 is 6.09 Å². The maximum atomic E-state index is 12.1. The van der Waals surface area contributed by atoms with Crippen molar-refractivity contribution < 1.29 is 9.53 Å². The van der Waals surface area contributed by atoms with E-state index in [1.54, 1.807) is 18.5 Å². The third-order valence-corrected chi connectivity index (χ3v) is 3.79. The van der Waals surface area contributed by atoms with Crippen LogP contribution in [0.15, 0.2) is 36.7 Å². The second-order valence-electron chi connectivity index (χ2n) is 6.01. The molecule has 2 heterocycles. The average Bonchev–Trinajstić information content (AvgIpc) is 3.02. The highest BCUT2D eigenvalue weighted by molar-refractivity contribution is 6.28. The van der Waals surface area contributed by atoms with E-state index in [9.17, 15) is 4.79 Å². The molecule has 2 aromatic heterocycles. The quantitative estimate of drug-likeness (QED) is 0.658. The van der Waals surface area contributed by atoms with E-state index in [1.165, 1.54) is 4.68 Å². The van der Waals surface area contributed by atoms with Crippen LogP contribution in [0.2, 0.25) is 5.28 Å². The molecular weight excluding hydrogens is 342 g/mol. The molecule has 3 rings (SSSR count). The Labute approximate surface area is 150 Å². The molecule has 3 aromatic rings. The highest BCUT2D eigenvalue weighted by Gasteiger charge is 2.14. The molecule has 0 spiro atoms. The summed E-state index contributed by atoms with van der Waals surface area (Å²) in [5.74, 6) is 0.939. The van der Waals surface area contributed by atoms with E-state index in [0.717, 1.165) is 11.1 Å². The van der Waals surface area contributed by atoms with E-state index in [-0.39, 0.29) is 11.2 Å². The molecule has 8 heteroatoms. The van der Waals surface area contributed by atoms with Crippen molar-refractivity contribution in [3.63, 3.8) is 0 Å². The lowest BCUT2D eigenvalue weighted by molar-refractivity contribution is 0.132. The molecule has 7 nitrogen and oxygen atoms in total. The van der Waals surface area contributed by atoms with Crippen molar-refractivity contribution >= 4 is 40.1 Å². The Hall–Kier alpha value is -2.67. The molecular formula is C17H18ClN5O2. The monoisotopic (exact) mass is 359 g/mol. The first-order chi connectivity index (χ1) is 12.0. The van der Waals surface area contributed by atoms with Gasteiger partial charge in [0.05, 0.1) is 18.3 Å². The van der Waals surface area contributed by atoms with Gasteiger partial charge in [0.1, 0.15) is 5.82 Å². The Bertz CT molecular complexity index is 909. The van der Waals surface area contributed by atoms with Crippen LogP contribution in [0.1, 0.15) is 13.8 Å². The van der Waals surface area contributed by atoms with Gasteiger partial charge in [-0.1, -0.05) is 13.8 Å². The zero-order chi connectivity index (χ0) is 18.0. The molecule has 0 aliphatic rings. The lowest BCUT2D eigenvalue weighted by Crippen LogP contribution is -2.17. The van der Waals surface area contributed by atoms with Crippen LogP contribution in [0, 0.1) is 5.92 Å². The summed E-state index contributed by atoms with van der Waals surface area (Å²) in [4.78, 5) is 22.1. The van der Waals surface area contributed by atoms with Gasteiger partial charge in [-0.05, 0) is 41.8 Å². The van der Waals surface area contributed by atoms with Crippen molar-refractivity contribution in [2.24, 2.45) is 5.92 Å². The van der Waals surface area contributed by atoms with Crippen molar-refractivity contribution in [2.75, 3.05) is 18.6 Å². The number of aromatic nitrogens is 4. The predicted octanol–water partition coefficient (Wildman–Crippen LogP) is 3.89. The van der Waals surface area contributed by atoms with Crippen LogP contribution in [-0.4, -0.2) is 39.5 Å². The Morgan fingerprint density at radius 3 is 2.88 bits per heavy atom. The number of anilines is 2. The molecule has 1 aromatic carbocycles. The van der Waals surface area contributed by atoms with Crippen molar-refractivity contribution in [1.29, 1.82) is 0 Å². The molecule has 25 heavy (non-hydrogen) atoms. The fourth-order valence-electron chi connectivity index (χ4n) is 2.32. The van der Waals surface area contributed by atoms with Gasteiger partial charge < -0.3 is 9.64 Å². The molecule has 0 saturated heterocycles. The Morgan fingerprint density at radius 2 is 2.16 bits per heavy atom. The normalized spacial score (nSPS) is 11.1. The molecule has 130 valence electrons. The van der Waals surface area contributed by atoms with E-state index < -0.39 is 6.09 Å². The summed E-state index contributed by atoms with van der Waals surface area (Å²) < 4.78 is 6.50. The van der Waals surface area contributed by atoms with Gasteiger partial charge in [-0.15, -0.1) is 0 Å². The maximum Gasteiger partial charge on any atom is 0.435 e. The van der Waals surface area contributed by atoms with E-state index in [1.807, 2.05) is 44.0 Å². The number of fused-ring (bicyclic) bond motifs is 1. The van der Waals surface area contributed by atoms with Crippen LogP contribution in [0.3, 0.4) is 0 Å². The van der Waals surface area contributed by atoms with E-state index in [2.05, 4.69) is 15.1 Å². The van der Waals surface area contributed by atoms with E-state index >= 15 is 0 Å². The van der Waals surface area contributed by atoms with Crippen LogP contribution in [0.25, 0.3) is 10.9 Å². The van der Waals surface area contributed by atoms with Crippen LogP contribution in [0.4, 0.5) is 16.3 Å². The molecule has 0 aliphatic carbocycles. The minimum Gasteiger partial charge on any atom is -0.448 e. The lowest BCUT2D eigenvalue weighted by atomic mass is 10.2. The first-order valence-electron chi connectivity index (χ1n) is 7.83. The van der Waals surface area contributed by atoms with Gasteiger partial charge in [0.25, 0.3) is 0 Å². The Balaban J connectivity index is 1.88. The highest BCUT2D eigenvalue weighted by Crippen LogP contribution is 2.26. The first kappa shape index (κ1) is 17.2. The molecule has 0 N–H and O–H groups in total. The Morgan fingerprint density at radius 1 is 1.36 bits per heavy atom. The van der Waals surface area contributed by atoms with E-state index in [4.69, 9.17) is 16.3 Å². The van der Waals surface area contributed by atoms with Crippen LogP contribution >= 0.6 is 11.6 Å². The number of nitrogens with zero attached hydrogens (tertiary/aromatic N) is 5. The Kier molecular flexibility index (Phi) is 4.85. The van der Waals surface area contributed by atoms with E-state index in [0.29, 0.717) is 17.9 Å². The molecule has 0 aliphatic heterocycles. The summed E-state index contributed by atoms with van der Waals surface area (Å²) in [6, 6.07) is 7.40. The standard InChI is InChI=1S/C17H18ClN5O2/c1-11(2)10-25-17(24)23-14-5-4-13(8-12(14)9-20-23)22(3)15-6-7-19-16(18)21-15/h4-9,11H,10H2,1-3H3. The second kappa shape index (κ2) is 7.06. The van der Waals surface area contributed by atoms with Crippen LogP contribution in [-0.2, 0) is 4.74 Å². The number of halogens is 1. The maximum absolute atomic E-state index is 12.1. The molecule has 0 atom stereocenters. The zero-order valence-electron chi connectivity index (χ0n) is 14.2. The lowest BCUT2D eigenvalue weighted by Gasteiger charge is -2.18. The third kappa shape index (κ3) is 3.71. The summed E-state index contributed by atoms with van der Waals surface area (Å²) in [5.41, 5.74) is 1.57. The molecule has 0 fully saturated rings. The highest BCUT2D eigenvalue weighted by atomic mass is 35.5. The number of hydrogen-bond donors (Lipinski definition) is 0. The summed E-state index contributed by atoms with van der Waals surface area (Å²) in [6.07, 6.45) is 2.76. The second-order valence-corrected chi connectivity index (χ2v) is 6.35. The zero-order valence-corrected chi connectivity index (χ0v) is 14.9. The average molecular weight is 360 g/mol. The van der Waals surface area contributed by atoms with Gasteiger partial charge in [0.2, 0.25) is 5.28 Å². The van der Waals surface area contributed by atoms with Crippen molar-refractivity contribution in [3.8, 4) is 0 Å². The SMILES string of the molecule is CC(C)COC(=O)n1ncc2cc(N(C)c3ccnc(Cl)n3)ccc21. The molecule has 0 saturated carbocycles. The number of carbonyl (C=O) groups excluding carboxylic acids is 1. The van der Waals surface area contributed by atoms with Gasteiger partial charge in [0, 0.05) is 24.3 Å². The number of benzene rings is 1. The fourth-order valence-corrected chi connectivity index (χ4v) is 2.46. The topological polar surface area (TPSA) is 73.1 Å². The number of carbonyl (C=O) groups is 1. The fraction of sp³-hybridized carbons (Fsp3) is 0.294. The van der Waals surface area contributed by atoms with Crippen LogP contribution < -0.4 is 4.90 Å². The summed E-state index contributed by atoms with van der Waals surface area (Å²) in [6.45, 7) is 4.32. The van der Waals surface area contributed by atoms with Crippen molar-refractivity contribution in [1.82, 2.24) is 19.7 Å². The van der Waals surface area contributed by atoms with Gasteiger partial charge in [0.15, 0.2) is 0 Å². The number of rotatable bonds is 4.